The van der Waals surface area contributed by atoms with Crippen molar-refractivity contribution in [2.75, 3.05) is 26.7 Å². The third kappa shape index (κ3) is 4.02. The molecule has 6 nitrogen and oxygen atoms in total. The Bertz CT molecular complexity index is 1160. The van der Waals surface area contributed by atoms with E-state index in [9.17, 15) is 8.42 Å². The van der Waals surface area contributed by atoms with Crippen LogP contribution in [0.1, 0.15) is 12.0 Å². The van der Waals surface area contributed by atoms with Crippen LogP contribution in [0.5, 0.6) is 11.5 Å². The number of likely N-dealkylation sites (tertiary alicyclic amines) is 1. The van der Waals surface area contributed by atoms with Crippen molar-refractivity contribution in [2.45, 2.75) is 19.4 Å². The fourth-order valence-electron chi connectivity index (χ4n) is 3.89. The molecule has 0 amide bonds. The Labute approximate surface area is 171 Å². The van der Waals surface area contributed by atoms with Gasteiger partial charge >= 0.3 is 0 Å². The number of hydrogen-bond donors (Lipinski definition) is 0. The Morgan fingerprint density at radius 1 is 1.10 bits per heavy atom. The summed E-state index contributed by atoms with van der Waals surface area (Å²) in [5.74, 6) is 1.42. The fraction of sp³-hybridized carbons (Fsp3) is 0.318. The second kappa shape index (κ2) is 8.31. The molecule has 0 bridgehead atoms. The lowest BCUT2D eigenvalue weighted by Crippen LogP contribution is -2.33. The van der Waals surface area contributed by atoms with E-state index in [0.29, 0.717) is 29.6 Å². The summed E-state index contributed by atoms with van der Waals surface area (Å²) in [5.41, 5.74) is 1.97. The summed E-state index contributed by atoms with van der Waals surface area (Å²) in [7, 11) is -0.698. The van der Waals surface area contributed by atoms with Crippen LogP contribution in [0.25, 0.3) is 10.9 Å². The summed E-state index contributed by atoms with van der Waals surface area (Å²) >= 11 is 0. The van der Waals surface area contributed by atoms with Crippen molar-refractivity contribution < 1.29 is 17.9 Å². The van der Waals surface area contributed by atoms with Gasteiger partial charge in [-0.3, -0.25) is 4.90 Å². The topological polar surface area (TPSA) is 60.8 Å². The van der Waals surface area contributed by atoms with Crippen LogP contribution in [0, 0.1) is 6.92 Å². The second-order valence-corrected chi connectivity index (χ2v) is 8.18. The first kappa shape index (κ1) is 19.5. The number of rotatable bonds is 5. The Kier molecular flexibility index (Phi) is 5.60. The monoisotopic (exact) mass is 412 g/mol. The lowest BCUT2D eigenvalue weighted by molar-refractivity contribution is 0.197. The normalized spacial score (nSPS) is 16.8. The molecule has 4 rings (SSSR count). The summed E-state index contributed by atoms with van der Waals surface area (Å²) in [6, 6.07) is 15.4. The summed E-state index contributed by atoms with van der Waals surface area (Å²) < 4.78 is 37.4. The van der Waals surface area contributed by atoms with Crippen molar-refractivity contribution in [2.24, 2.45) is 0 Å². The Morgan fingerprint density at radius 2 is 1.83 bits per heavy atom. The predicted octanol–water partition coefficient (Wildman–Crippen LogP) is 2.97. The van der Waals surface area contributed by atoms with Gasteiger partial charge in [0.1, 0.15) is 6.10 Å². The third-order valence-corrected chi connectivity index (χ3v) is 6.03. The van der Waals surface area contributed by atoms with Gasteiger partial charge in [-0.15, -0.1) is 0 Å². The fourth-order valence-corrected chi connectivity index (χ4v) is 4.49. The highest BCUT2D eigenvalue weighted by Crippen LogP contribution is 2.29. The highest BCUT2D eigenvalue weighted by molar-refractivity contribution is 7.73. The molecule has 0 radical (unpaired) electrons. The highest BCUT2D eigenvalue weighted by Gasteiger charge is 2.27. The van der Waals surface area contributed by atoms with Crippen LogP contribution < -0.4 is 9.47 Å². The minimum atomic E-state index is -2.32. The molecule has 0 N–H and O–H groups in total. The maximum atomic E-state index is 12.1. The van der Waals surface area contributed by atoms with E-state index in [1.54, 1.807) is 11.7 Å². The standard InChI is InChI=1S/C22H24N2O4S/c1-16-13-24(19-8-4-3-7-18(16)19)22(29(25)26)15-23-12-11-17(14-23)28-21-10-6-5-9-20(21)27-2/h3-10,13,17H,11-12,14-15H2,1-2H3. The molecule has 3 aromatic rings. The molecule has 29 heavy (non-hydrogen) atoms. The lowest BCUT2D eigenvalue weighted by Gasteiger charge is -2.18. The maximum absolute atomic E-state index is 12.1. The number of para-hydroxylation sites is 3. The minimum absolute atomic E-state index is 0.00391. The van der Waals surface area contributed by atoms with Gasteiger partial charge in [-0.05, 0) is 37.1 Å². The van der Waals surface area contributed by atoms with Crippen LogP contribution >= 0.6 is 0 Å². The van der Waals surface area contributed by atoms with E-state index in [4.69, 9.17) is 9.47 Å². The van der Waals surface area contributed by atoms with Crippen molar-refractivity contribution in [1.82, 2.24) is 9.47 Å². The molecule has 152 valence electrons. The first-order chi connectivity index (χ1) is 14.1. The van der Waals surface area contributed by atoms with Crippen molar-refractivity contribution in [1.29, 1.82) is 0 Å². The van der Waals surface area contributed by atoms with Gasteiger partial charge in [-0.25, -0.2) is 0 Å². The zero-order chi connectivity index (χ0) is 20.4. The van der Waals surface area contributed by atoms with Crippen LogP contribution in [0.15, 0.2) is 54.7 Å². The second-order valence-electron chi connectivity index (χ2n) is 7.24. The van der Waals surface area contributed by atoms with E-state index in [-0.39, 0.29) is 6.10 Å². The molecule has 7 heteroatoms. The molecule has 1 fully saturated rings. The van der Waals surface area contributed by atoms with E-state index in [1.807, 2.05) is 61.7 Å². The van der Waals surface area contributed by atoms with Gasteiger partial charge in [-0.1, -0.05) is 30.3 Å². The summed E-state index contributed by atoms with van der Waals surface area (Å²) in [6.45, 7) is 3.78. The van der Waals surface area contributed by atoms with E-state index in [0.717, 1.165) is 29.4 Å². The predicted molar refractivity (Wildman–Crippen MR) is 114 cm³/mol. The molecule has 2 aromatic carbocycles. The number of fused-ring (bicyclic) bond motifs is 1. The van der Waals surface area contributed by atoms with Gasteiger partial charge in [0.05, 0.1) is 19.2 Å². The lowest BCUT2D eigenvalue weighted by atomic mass is 10.2. The first-order valence-electron chi connectivity index (χ1n) is 9.61. The molecule has 1 atom stereocenters. The SMILES string of the molecule is COc1ccccc1OC1CCN(CC(n2cc(C)c3ccccc32)=S(=O)=O)C1. The number of methoxy groups -OCH3 is 1. The number of hydrogen-bond acceptors (Lipinski definition) is 5. The van der Waals surface area contributed by atoms with Crippen molar-refractivity contribution in [3.05, 3.63) is 60.3 Å². The van der Waals surface area contributed by atoms with Gasteiger partial charge in [0.15, 0.2) is 16.5 Å². The Balaban J connectivity index is 1.51. The minimum Gasteiger partial charge on any atom is -0.493 e. The number of aryl methyl sites for hydroxylation is 1. The third-order valence-electron chi connectivity index (χ3n) is 5.32. The summed E-state index contributed by atoms with van der Waals surface area (Å²) in [5, 5.41) is 1.06. The van der Waals surface area contributed by atoms with Crippen LogP contribution in [0.2, 0.25) is 0 Å². The van der Waals surface area contributed by atoms with Gasteiger partial charge in [0, 0.05) is 24.7 Å². The van der Waals surface area contributed by atoms with E-state index in [2.05, 4.69) is 4.90 Å². The molecule has 1 unspecified atom stereocenters. The summed E-state index contributed by atoms with van der Waals surface area (Å²) in [6.07, 6.45) is 2.73. The average molecular weight is 413 g/mol. The molecule has 0 aliphatic carbocycles. The molecular weight excluding hydrogens is 388 g/mol. The Morgan fingerprint density at radius 3 is 2.59 bits per heavy atom. The van der Waals surface area contributed by atoms with Gasteiger partial charge in [-0.2, -0.15) is 8.42 Å². The molecule has 2 heterocycles. The van der Waals surface area contributed by atoms with E-state index < -0.39 is 10.3 Å². The highest BCUT2D eigenvalue weighted by atomic mass is 32.2. The van der Waals surface area contributed by atoms with Crippen LogP contribution in [0.3, 0.4) is 0 Å². The Hall–Kier alpha value is -2.77. The van der Waals surface area contributed by atoms with E-state index in [1.165, 1.54) is 0 Å². The zero-order valence-electron chi connectivity index (χ0n) is 16.5. The van der Waals surface area contributed by atoms with Crippen molar-refractivity contribution in [3.8, 4) is 11.5 Å². The van der Waals surface area contributed by atoms with Crippen LogP contribution in [-0.4, -0.2) is 55.7 Å². The number of benzene rings is 2. The van der Waals surface area contributed by atoms with Gasteiger partial charge in [0.25, 0.3) is 0 Å². The number of aromatic nitrogens is 1. The van der Waals surface area contributed by atoms with Crippen LogP contribution in [0.4, 0.5) is 0 Å². The average Bonchev–Trinajstić information content (AvgIpc) is 3.31. The number of nitrogens with zero attached hydrogens (tertiary/aromatic N) is 2. The van der Waals surface area contributed by atoms with Crippen LogP contribution in [-0.2, 0) is 10.3 Å². The smallest absolute Gasteiger partial charge is 0.235 e. The molecular formula is C22H24N2O4S. The zero-order valence-corrected chi connectivity index (χ0v) is 17.4. The number of ether oxygens (including phenoxy) is 2. The molecule has 0 saturated carbocycles. The molecule has 1 aliphatic rings. The molecule has 1 aliphatic heterocycles. The van der Waals surface area contributed by atoms with Gasteiger partial charge in [0.2, 0.25) is 10.3 Å². The quantitative estimate of drug-likeness (QED) is 0.603. The first-order valence-corrected chi connectivity index (χ1v) is 10.7. The molecule has 1 saturated heterocycles. The molecule has 1 aromatic heterocycles. The van der Waals surface area contributed by atoms with Gasteiger partial charge < -0.3 is 14.0 Å². The van der Waals surface area contributed by atoms with Crippen molar-refractivity contribution >= 4 is 26.2 Å². The largest absolute Gasteiger partial charge is 0.493 e. The molecule has 0 spiro atoms. The maximum Gasteiger partial charge on any atom is 0.235 e. The van der Waals surface area contributed by atoms with Crippen molar-refractivity contribution in [3.63, 3.8) is 0 Å². The summed E-state index contributed by atoms with van der Waals surface area (Å²) in [4.78, 5) is 2.47. The van der Waals surface area contributed by atoms with E-state index >= 15 is 0 Å².